The number of carboxylic acid groups (broad SMARTS) is 2. The first-order chi connectivity index (χ1) is 22.5. The van der Waals surface area contributed by atoms with Crippen LogP contribution < -0.4 is 16.8 Å². The molecule has 0 aliphatic carbocycles. The molecule has 1 atom stereocenters. The van der Waals surface area contributed by atoms with Crippen LogP contribution in [0.25, 0.3) is 0 Å². The predicted octanol–water partition coefficient (Wildman–Crippen LogP) is 1.37. The number of nitrogens with one attached hydrogen (secondary N) is 2. The number of rotatable bonds is 11. The summed E-state index contributed by atoms with van der Waals surface area (Å²) in [6, 6.07) is 12.7. The molecule has 0 spiro atoms. The average Bonchev–Trinajstić information content (AvgIpc) is 3.00. The summed E-state index contributed by atoms with van der Waals surface area (Å²) in [6.07, 6.45) is -0.256. The summed E-state index contributed by atoms with van der Waals surface area (Å²) in [5.41, 5.74) is 12.5. The van der Waals surface area contributed by atoms with Crippen molar-refractivity contribution in [3.8, 4) is 0 Å². The number of amides is 3. The Morgan fingerprint density at radius 1 is 0.958 bits per heavy atom. The number of benzene rings is 2. The number of piperazine rings is 1. The van der Waals surface area contributed by atoms with Crippen molar-refractivity contribution in [2.24, 2.45) is 17.4 Å². The maximum absolute atomic E-state index is 13.7. The van der Waals surface area contributed by atoms with E-state index in [1.165, 1.54) is 23.1 Å². The molecule has 48 heavy (non-hydrogen) atoms. The molecule has 2 aromatic carbocycles. The van der Waals surface area contributed by atoms with E-state index < -0.39 is 39.5 Å². The highest BCUT2D eigenvalue weighted by atomic mass is 32.2. The number of anilines is 1. The lowest BCUT2D eigenvalue weighted by molar-refractivity contribution is -0.136. The van der Waals surface area contributed by atoms with Gasteiger partial charge in [-0.2, -0.15) is 0 Å². The highest BCUT2D eigenvalue weighted by Gasteiger charge is 2.33. The Labute approximate surface area is 279 Å². The lowest BCUT2D eigenvalue weighted by atomic mass is 9.97. The number of carbonyl (C=O) groups is 5. The van der Waals surface area contributed by atoms with Crippen LogP contribution in [0.3, 0.4) is 0 Å². The molecule has 0 radical (unpaired) electrons. The fourth-order valence-corrected chi connectivity index (χ4v) is 6.01. The van der Waals surface area contributed by atoms with Gasteiger partial charge in [-0.1, -0.05) is 24.3 Å². The van der Waals surface area contributed by atoms with E-state index in [1.54, 1.807) is 42.2 Å². The van der Waals surface area contributed by atoms with Crippen LogP contribution in [0, 0.1) is 11.3 Å². The molecule has 0 unspecified atom stereocenters. The highest BCUT2D eigenvalue weighted by Crippen LogP contribution is 2.23. The number of nitrogen functional groups attached to an aromatic ring is 1. The summed E-state index contributed by atoms with van der Waals surface area (Å²) in [4.78, 5) is 58.8. The van der Waals surface area contributed by atoms with E-state index in [-0.39, 0.29) is 74.7 Å². The van der Waals surface area contributed by atoms with Crippen molar-refractivity contribution in [2.45, 2.75) is 38.5 Å². The third kappa shape index (κ3) is 15.0. The van der Waals surface area contributed by atoms with Crippen LogP contribution in [0.5, 0.6) is 0 Å². The zero-order chi connectivity index (χ0) is 36.4. The second-order valence-electron chi connectivity index (χ2n) is 10.5. The second kappa shape index (κ2) is 20.3. The first-order valence-electron chi connectivity index (χ1n) is 14.9. The lowest BCUT2D eigenvalue weighted by Crippen LogP contribution is -2.52. The molecule has 0 aromatic heterocycles. The van der Waals surface area contributed by atoms with Crippen molar-refractivity contribution >= 4 is 51.2 Å². The maximum atomic E-state index is 13.7. The third-order valence-electron chi connectivity index (χ3n) is 6.46. The Bertz CT molecular complexity index is 1520. The zero-order valence-corrected chi connectivity index (χ0v) is 28.0. The molecule has 17 heteroatoms. The number of ether oxygens (including phenoxy) is 1. The Morgan fingerprint density at radius 3 is 2.06 bits per heavy atom. The molecular weight excluding hydrogens is 648 g/mol. The van der Waals surface area contributed by atoms with Gasteiger partial charge in [-0.15, -0.1) is 0 Å². The van der Waals surface area contributed by atoms with Gasteiger partial charge in [-0.3, -0.25) is 24.6 Å². The Hall–Kier alpha value is -5.03. The van der Waals surface area contributed by atoms with E-state index in [2.05, 4.69) is 5.32 Å². The van der Waals surface area contributed by atoms with Crippen molar-refractivity contribution in [2.75, 3.05) is 50.4 Å². The zero-order valence-electron chi connectivity index (χ0n) is 27.2. The lowest BCUT2D eigenvalue weighted by Gasteiger charge is -2.36. The number of nitrogens with zero attached hydrogens (tertiary/aromatic N) is 2. The van der Waals surface area contributed by atoms with Crippen LogP contribution in [-0.4, -0.2) is 109 Å². The van der Waals surface area contributed by atoms with E-state index in [9.17, 15) is 22.8 Å². The monoisotopic (exact) mass is 692 g/mol. The summed E-state index contributed by atoms with van der Waals surface area (Å²) >= 11 is 0. The first kappa shape index (κ1) is 41.0. The van der Waals surface area contributed by atoms with Crippen LogP contribution >= 0.6 is 0 Å². The van der Waals surface area contributed by atoms with E-state index >= 15 is 0 Å². The maximum Gasteiger partial charge on any atom is 0.409 e. The largest absolute Gasteiger partial charge is 0.481 e. The topological polar surface area (TPSA) is 264 Å². The Balaban J connectivity index is 0.00000129. The number of hydrogen-bond acceptors (Lipinski definition) is 10. The second-order valence-corrected chi connectivity index (χ2v) is 12.5. The van der Waals surface area contributed by atoms with E-state index in [1.807, 2.05) is 0 Å². The molecule has 1 aliphatic rings. The van der Waals surface area contributed by atoms with Gasteiger partial charge in [0.1, 0.15) is 5.84 Å². The summed E-state index contributed by atoms with van der Waals surface area (Å²) in [5.74, 6) is -3.92. The number of carboxylic acids is 2. The fourth-order valence-electron chi connectivity index (χ4n) is 4.43. The van der Waals surface area contributed by atoms with Gasteiger partial charge in [-0.05, 0) is 43.2 Å². The number of nitrogens with two attached hydrogens (primary N) is 2. The standard InChI is InChI=1S/C27H36N6O6S.2C2H4O2/c1-2-39-27(36)33-13-11-32(12-14-33)26(35)21(16-19-5-3-6-20(15-19)25(29)30)18-40(37,38)23-8-4-7-22(17-23)31-24(34)9-10-28;2*1-2(3)4/h3-8,15,17,21H,2,9-14,16,18,28H2,1H3,(H3,29,30)(H,31,34);2*1H3,(H,3,4)/t21-;;/m1../s1. The quantitative estimate of drug-likeness (QED) is 0.144. The summed E-state index contributed by atoms with van der Waals surface area (Å²) < 4.78 is 32.1. The number of carbonyl (C=O) groups excluding carboxylic acids is 3. The van der Waals surface area contributed by atoms with Crippen molar-refractivity contribution in [3.63, 3.8) is 0 Å². The molecular formula is C31H44N6O10S. The number of aliphatic carboxylic acids is 2. The van der Waals surface area contributed by atoms with E-state index in [0.29, 0.717) is 16.8 Å². The van der Waals surface area contributed by atoms with Crippen LogP contribution in [0.2, 0.25) is 0 Å². The Kier molecular flexibility index (Phi) is 17.3. The van der Waals surface area contributed by atoms with Gasteiger partial charge in [0, 0.05) is 64.2 Å². The normalized spacial score (nSPS) is 13.0. The smallest absolute Gasteiger partial charge is 0.409 e. The van der Waals surface area contributed by atoms with Gasteiger partial charge in [0.15, 0.2) is 9.84 Å². The number of amidine groups is 1. The van der Waals surface area contributed by atoms with E-state index in [4.69, 9.17) is 41.4 Å². The molecule has 3 rings (SSSR count). The minimum Gasteiger partial charge on any atom is -0.481 e. The van der Waals surface area contributed by atoms with Crippen molar-refractivity contribution in [3.05, 3.63) is 59.7 Å². The Morgan fingerprint density at radius 2 is 1.52 bits per heavy atom. The van der Waals surface area contributed by atoms with Crippen LogP contribution in [0.1, 0.15) is 38.3 Å². The van der Waals surface area contributed by atoms with Crippen molar-refractivity contribution < 1.29 is 47.3 Å². The van der Waals surface area contributed by atoms with Crippen LogP contribution in [-0.2, 0) is 40.2 Å². The molecule has 1 aliphatic heterocycles. The number of hydrogen-bond donors (Lipinski definition) is 6. The van der Waals surface area contributed by atoms with Gasteiger partial charge >= 0.3 is 6.09 Å². The van der Waals surface area contributed by atoms with Gasteiger partial charge in [0.05, 0.1) is 23.2 Å². The molecule has 1 fully saturated rings. The van der Waals surface area contributed by atoms with Crippen molar-refractivity contribution in [1.82, 2.24) is 9.80 Å². The molecule has 264 valence electrons. The summed E-state index contributed by atoms with van der Waals surface area (Å²) in [6.45, 7) is 5.31. The van der Waals surface area contributed by atoms with Crippen LogP contribution in [0.4, 0.5) is 10.5 Å². The van der Waals surface area contributed by atoms with Gasteiger partial charge in [0.25, 0.3) is 11.9 Å². The van der Waals surface area contributed by atoms with Gasteiger partial charge in [-0.25, -0.2) is 13.2 Å². The SMILES string of the molecule is CC(=O)O.CC(=O)O.CCOC(=O)N1CCN(C(=O)[C@H](Cc2cccc(C(=N)N)c2)CS(=O)(=O)c2cccc(NC(=O)CCN)c2)CC1. The van der Waals surface area contributed by atoms with Gasteiger partial charge < -0.3 is 41.5 Å². The molecule has 1 saturated heterocycles. The molecule has 16 nitrogen and oxygen atoms in total. The minimum absolute atomic E-state index is 0.0273. The number of sulfone groups is 1. The first-order valence-corrected chi connectivity index (χ1v) is 16.5. The molecule has 3 amide bonds. The summed E-state index contributed by atoms with van der Waals surface area (Å²) in [7, 11) is -3.97. The average molecular weight is 693 g/mol. The van der Waals surface area contributed by atoms with Crippen molar-refractivity contribution in [1.29, 1.82) is 5.41 Å². The highest BCUT2D eigenvalue weighted by molar-refractivity contribution is 7.91. The molecule has 2 aromatic rings. The van der Waals surface area contributed by atoms with E-state index in [0.717, 1.165) is 13.8 Å². The van der Waals surface area contributed by atoms with Crippen LogP contribution in [0.15, 0.2) is 53.4 Å². The molecule has 1 heterocycles. The predicted molar refractivity (Wildman–Crippen MR) is 177 cm³/mol. The summed E-state index contributed by atoms with van der Waals surface area (Å²) in [5, 5.41) is 25.2. The molecule has 8 N–H and O–H groups in total. The molecule has 0 saturated carbocycles. The minimum atomic E-state index is -3.97. The molecule has 0 bridgehead atoms. The van der Waals surface area contributed by atoms with Gasteiger partial charge in [0.2, 0.25) is 11.8 Å². The third-order valence-corrected chi connectivity index (χ3v) is 8.27. The fraction of sp³-hybridized carbons (Fsp3) is 0.419.